The van der Waals surface area contributed by atoms with E-state index in [0.29, 0.717) is 12.2 Å². The number of hydrogen-bond acceptors (Lipinski definition) is 1. The van der Waals surface area contributed by atoms with Gasteiger partial charge in [0, 0.05) is 0 Å². The van der Waals surface area contributed by atoms with Crippen LogP contribution < -0.4 is 0 Å². The second-order valence-electron chi connectivity index (χ2n) is 5.17. The Balaban J connectivity index is 2.14. The van der Waals surface area contributed by atoms with E-state index in [2.05, 4.69) is 20.8 Å². The van der Waals surface area contributed by atoms with Gasteiger partial charge in [0.15, 0.2) is 0 Å². The highest BCUT2D eigenvalue weighted by Crippen LogP contribution is 2.30. The first-order valence-corrected chi connectivity index (χ1v) is 6.91. The van der Waals surface area contributed by atoms with Gasteiger partial charge in [0.1, 0.15) is 0 Å². The van der Waals surface area contributed by atoms with Gasteiger partial charge in [0.25, 0.3) is 0 Å². The van der Waals surface area contributed by atoms with E-state index in [4.69, 9.17) is 4.74 Å². The Morgan fingerprint density at radius 3 is 2.27 bits per heavy atom. The largest absolute Gasteiger partial charge is 0.375 e. The Bertz CT molecular complexity index is 147. The zero-order chi connectivity index (χ0) is 11.1. The van der Waals surface area contributed by atoms with Crippen molar-refractivity contribution in [2.45, 2.75) is 84.3 Å². The fourth-order valence-electron chi connectivity index (χ4n) is 2.77. The third-order valence-corrected chi connectivity index (χ3v) is 3.61. The normalized spacial score (nSPS) is 29.0. The number of rotatable bonds is 6. The Morgan fingerprint density at radius 2 is 1.73 bits per heavy atom. The van der Waals surface area contributed by atoms with E-state index < -0.39 is 0 Å². The quantitative estimate of drug-likeness (QED) is 0.627. The standard InChI is InChI=1S/C14H28O/c1-4-6-12(3)15-14-10-8-13(7-5-2)9-11-14/h12-14H,4-11H2,1-3H3/t12?,13-,14-. The molecule has 0 saturated heterocycles. The molecule has 1 atom stereocenters. The van der Waals surface area contributed by atoms with E-state index in [0.717, 1.165) is 5.92 Å². The van der Waals surface area contributed by atoms with E-state index in [-0.39, 0.29) is 0 Å². The van der Waals surface area contributed by atoms with Crippen LogP contribution in [0.4, 0.5) is 0 Å². The summed E-state index contributed by atoms with van der Waals surface area (Å²) in [5, 5.41) is 0. The second-order valence-corrected chi connectivity index (χ2v) is 5.17. The summed E-state index contributed by atoms with van der Waals surface area (Å²) in [4.78, 5) is 0. The molecule has 0 aliphatic heterocycles. The van der Waals surface area contributed by atoms with Gasteiger partial charge in [-0.1, -0.05) is 33.1 Å². The maximum absolute atomic E-state index is 6.06. The maximum Gasteiger partial charge on any atom is 0.0579 e. The minimum atomic E-state index is 0.475. The molecule has 1 unspecified atom stereocenters. The van der Waals surface area contributed by atoms with Crippen LogP contribution in [-0.2, 0) is 4.74 Å². The smallest absolute Gasteiger partial charge is 0.0579 e. The maximum atomic E-state index is 6.06. The van der Waals surface area contributed by atoms with Gasteiger partial charge in [-0.15, -0.1) is 0 Å². The summed E-state index contributed by atoms with van der Waals surface area (Å²) >= 11 is 0. The summed E-state index contributed by atoms with van der Waals surface area (Å²) < 4.78 is 6.06. The summed E-state index contributed by atoms with van der Waals surface area (Å²) in [6.07, 6.45) is 11.7. The third-order valence-electron chi connectivity index (χ3n) is 3.61. The fraction of sp³-hybridized carbons (Fsp3) is 1.00. The van der Waals surface area contributed by atoms with Crippen molar-refractivity contribution in [1.29, 1.82) is 0 Å². The number of ether oxygens (including phenoxy) is 1. The van der Waals surface area contributed by atoms with E-state index in [1.807, 2.05) is 0 Å². The molecule has 1 saturated carbocycles. The van der Waals surface area contributed by atoms with Gasteiger partial charge in [0.2, 0.25) is 0 Å². The highest BCUT2D eigenvalue weighted by atomic mass is 16.5. The Kier molecular flexibility index (Phi) is 6.31. The fourth-order valence-corrected chi connectivity index (χ4v) is 2.77. The molecule has 0 radical (unpaired) electrons. The van der Waals surface area contributed by atoms with Crippen molar-refractivity contribution in [1.82, 2.24) is 0 Å². The lowest BCUT2D eigenvalue weighted by Gasteiger charge is -2.30. The van der Waals surface area contributed by atoms with E-state index in [1.54, 1.807) is 0 Å². The van der Waals surface area contributed by atoms with E-state index in [1.165, 1.54) is 51.4 Å². The summed E-state index contributed by atoms with van der Waals surface area (Å²) in [6.45, 7) is 6.76. The van der Waals surface area contributed by atoms with E-state index >= 15 is 0 Å². The van der Waals surface area contributed by atoms with Gasteiger partial charge in [0.05, 0.1) is 12.2 Å². The van der Waals surface area contributed by atoms with Crippen LogP contribution in [0.15, 0.2) is 0 Å². The lowest BCUT2D eigenvalue weighted by atomic mass is 9.84. The first-order valence-electron chi connectivity index (χ1n) is 6.91. The molecule has 15 heavy (non-hydrogen) atoms. The van der Waals surface area contributed by atoms with Crippen molar-refractivity contribution < 1.29 is 4.74 Å². The van der Waals surface area contributed by atoms with Crippen LogP contribution in [0.5, 0.6) is 0 Å². The minimum Gasteiger partial charge on any atom is -0.375 e. The first-order chi connectivity index (χ1) is 7.26. The molecule has 1 rings (SSSR count). The molecule has 0 aromatic rings. The lowest BCUT2D eigenvalue weighted by Crippen LogP contribution is -2.25. The second kappa shape index (κ2) is 7.27. The van der Waals surface area contributed by atoms with Gasteiger partial charge in [-0.25, -0.2) is 0 Å². The first kappa shape index (κ1) is 13.0. The summed E-state index contributed by atoms with van der Waals surface area (Å²) in [5.74, 6) is 0.997. The molecule has 0 bridgehead atoms. The van der Waals surface area contributed by atoms with Gasteiger partial charge in [-0.05, 0) is 44.9 Å². The minimum absolute atomic E-state index is 0.475. The van der Waals surface area contributed by atoms with Crippen molar-refractivity contribution in [3.8, 4) is 0 Å². The highest BCUT2D eigenvalue weighted by molar-refractivity contribution is 4.73. The zero-order valence-electron chi connectivity index (χ0n) is 10.8. The van der Waals surface area contributed by atoms with Gasteiger partial charge in [-0.2, -0.15) is 0 Å². The van der Waals surface area contributed by atoms with Crippen LogP contribution in [0.25, 0.3) is 0 Å². The molecule has 0 heterocycles. The highest BCUT2D eigenvalue weighted by Gasteiger charge is 2.22. The molecular formula is C14H28O. The molecule has 1 heteroatoms. The third kappa shape index (κ3) is 5.01. The summed E-state index contributed by atoms with van der Waals surface area (Å²) in [7, 11) is 0. The van der Waals surface area contributed by atoms with Crippen LogP contribution in [0.1, 0.15) is 72.1 Å². The van der Waals surface area contributed by atoms with Crippen molar-refractivity contribution in [3.63, 3.8) is 0 Å². The SMILES string of the molecule is CCCC(C)O[C@H]1CC[C@H](CCC)CC1. The van der Waals surface area contributed by atoms with Crippen molar-refractivity contribution in [2.75, 3.05) is 0 Å². The molecule has 0 spiro atoms. The molecule has 0 aromatic carbocycles. The molecule has 0 amide bonds. The van der Waals surface area contributed by atoms with Crippen LogP contribution in [0.2, 0.25) is 0 Å². The van der Waals surface area contributed by atoms with Gasteiger partial charge < -0.3 is 4.74 Å². The Hall–Kier alpha value is -0.0400. The predicted molar refractivity (Wildman–Crippen MR) is 66.1 cm³/mol. The van der Waals surface area contributed by atoms with E-state index in [9.17, 15) is 0 Å². The molecule has 1 aliphatic carbocycles. The molecule has 0 N–H and O–H groups in total. The molecule has 0 aromatic heterocycles. The monoisotopic (exact) mass is 212 g/mol. The topological polar surface area (TPSA) is 9.23 Å². The molecule has 1 aliphatic rings. The summed E-state index contributed by atoms with van der Waals surface area (Å²) in [5.41, 5.74) is 0. The van der Waals surface area contributed by atoms with Crippen molar-refractivity contribution >= 4 is 0 Å². The predicted octanol–water partition coefficient (Wildman–Crippen LogP) is 4.55. The molecule has 1 fully saturated rings. The zero-order valence-corrected chi connectivity index (χ0v) is 10.8. The summed E-state index contributed by atoms with van der Waals surface area (Å²) in [6, 6.07) is 0. The Labute approximate surface area is 95.6 Å². The van der Waals surface area contributed by atoms with Crippen LogP contribution in [0.3, 0.4) is 0 Å². The van der Waals surface area contributed by atoms with Crippen molar-refractivity contribution in [2.24, 2.45) is 5.92 Å². The van der Waals surface area contributed by atoms with Crippen molar-refractivity contribution in [3.05, 3.63) is 0 Å². The van der Waals surface area contributed by atoms with Gasteiger partial charge in [-0.3, -0.25) is 0 Å². The molecule has 90 valence electrons. The average molecular weight is 212 g/mol. The molecule has 1 nitrogen and oxygen atoms in total. The Morgan fingerprint density at radius 1 is 1.07 bits per heavy atom. The van der Waals surface area contributed by atoms with Gasteiger partial charge >= 0.3 is 0 Å². The molecular weight excluding hydrogens is 184 g/mol. The number of hydrogen-bond donors (Lipinski definition) is 0. The average Bonchev–Trinajstić information content (AvgIpc) is 2.22. The van der Waals surface area contributed by atoms with Crippen LogP contribution >= 0.6 is 0 Å². The van der Waals surface area contributed by atoms with Crippen LogP contribution in [0, 0.1) is 5.92 Å². The van der Waals surface area contributed by atoms with Crippen LogP contribution in [-0.4, -0.2) is 12.2 Å². The lowest BCUT2D eigenvalue weighted by molar-refractivity contribution is -0.0319.